The molecule has 1 aromatic carbocycles. The SMILES string of the molecule is Cc1cc(=O)[nH]c2c1[NH2+]c1ccccc1-2. The summed E-state index contributed by atoms with van der Waals surface area (Å²) < 4.78 is 0. The highest BCUT2D eigenvalue weighted by molar-refractivity contribution is 5.82. The summed E-state index contributed by atoms with van der Waals surface area (Å²) in [6.07, 6.45) is 0. The molecule has 2 heterocycles. The Morgan fingerprint density at radius 2 is 2.07 bits per heavy atom. The number of para-hydroxylation sites is 1. The van der Waals surface area contributed by atoms with Gasteiger partial charge in [-0.15, -0.1) is 0 Å². The molecule has 0 bridgehead atoms. The zero-order valence-electron chi connectivity index (χ0n) is 8.37. The average molecular weight is 199 g/mol. The number of fused-ring (bicyclic) bond motifs is 3. The summed E-state index contributed by atoms with van der Waals surface area (Å²) in [5.41, 5.74) is 5.39. The molecule has 0 radical (unpaired) electrons. The molecule has 0 fully saturated rings. The number of aromatic nitrogens is 1. The highest BCUT2D eigenvalue weighted by Gasteiger charge is 2.25. The van der Waals surface area contributed by atoms with Crippen molar-refractivity contribution < 1.29 is 5.32 Å². The van der Waals surface area contributed by atoms with Crippen LogP contribution in [0.2, 0.25) is 0 Å². The molecule has 0 aliphatic carbocycles. The molecular weight excluding hydrogens is 188 g/mol. The Kier molecular flexibility index (Phi) is 1.58. The molecule has 3 N–H and O–H groups in total. The van der Waals surface area contributed by atoms with E-state index in [-0.39, 0.29) is 5.56 Å². The summed E-state index contributed by atoms with van der Waals surface area (Å²) in [6.45, 7) is 1.97. The van der Waals surface area contributed by atoms with Gasteiger partial charge in [0.25, 0.3) is 0 Å². The van der Waals surface area contributed by atoms with Crippen LogP contribution >= 0.6 is 0 Å². The fourth-order valence-electron chi connectivity index (χ4n) is 2.10. The van der Waals surface area contributed by atoms with E-state index in [0.29, 0.717) is 0 Å². The van der Waals surface area contributed by atoms with E-state index in [1.165, 1.54) is 5.69 Å². The number of benzene rings is 1. The number of aromatic amines is 1. The van der Waals surface area contributed by atoms with E-state index in [2.05, 4.69) is 16.4 Å². The van der Waals surface area contributed by atoms with E-state index < -0.39 is 0 Å². The standard InChI is InChI=1S/C12H10N2O/c1-7-6-10(15)14-12-8-4-2-3-5-9(8)13-11(7)12/h2-6,13H,1H3,(H,14,15)/p+1. The Bertz CT molecular complexity index is 599. The van der Waals surface area contributed by atoms with Crippen LogP contribution < -0.4 is 10.9 Å². The van der Waals surface area contributed by atoms with Crippen LogP contribution in [-0.4, -0.2) is 4.98 Å². The molecule has 0 atom stereocenters. The van der Waals surface area contributed by atoms with Gasteiger partial charge >= 0.3 is 0 Å². The van der Waals surface area contributed by atoms with Crippen molar-refractivity contribution >= 4 is 11.4 Å². The number of hydrogen-bond acceptors (Lipinski definition) is 1. The van der Waals surface area contributed by atoms with Crippen molar-refractivity contribution in [2.24, 2.45) is 0 Å². The topological polar surface area (TPSA) is 49.5 Å². The van der Waals surface area contributed by atoms with Crippen molar-refractivity contribution in [1.29, 1.82) is 0 Å². The van der Waals surface area contributed by atoms with Crippen LogP contribution in [0.5, 0.6) is 0 Å². The molecule has 0 spiro atoms. The average Bonchev–Trinajstić information content (AvgIpc) is 2.57. The lowest BCUT2D eigenvalue weighted by atomic mass is 10.1. The van der Waals surface area contributed by atoms with Crippen molar-refractivity contribution in [3.63, 3.8) is 0 Å². The zero-order chi connectivity index (χ0) is 10.4. The number of aryl methyl sites for hydroxylation is 1. The van der Waals surface area contributed by atoms with Gasteiger partial charge in [-0.2, -0.15) is 0 Å². The number of nitrogens with one attached hydrogen (secondary N) is 1. The first-order valence-corrected chi connectivity index (χ1v) is 4.94. The molecule has 74 valence electrons. The number of hydrogen-bond donors (Lipinski definition) is 2. The molecule has 3 heteroatoms. The van der Waals surface area contributed by atoms with Gasteiger partial charge in [0.2, 0.25) is 5.56 Å². The quantitative estimate of drug-likeness (QED) is 0.525. The maximum absolute atomic E-state index is 11.4. The highest BCUT2D eigenvalue weighted by atomic mass is 16.1. The number of rotatable bonds is 0. The second kappa shape index (κ2) is 2.81. The molecule has 15 heavy (non-hydrogen) atoms. The van der Waals surface area contributed by atoms with E-state index in [1.807, 2.05) is 25.1 Å². The van der Waals surface area contributed by atoms with Gasteiger partial charge in [0.05, 0.1) is 5.56 Å². The minimum atomic E-state index is -0.0312. The molecule has 1 aliphatic heterocycles. The first-order valence-electron chi connectivity index (χ1n) is 4.94. The lowest BCUT2D eigenvalue weighted by Crippen LogP contribution is -2.69. The fraction of sp³-hybridized carbons (Fsp3) is 0.0833. The highest BCUT2D eigenvalue weighted by Crippen LogP contribution is 2.33. The van der Waals surface area contributed by atoms with E-state index in [9.17, 15) is 4.79 Å². The van der Waals surface area contributed by atoms with Crippen LogP contribution in [0, 0.1) is 6.92 Å². The summed E-state index contributed by atoms with van der Waals surface area (Å²) in [4.78, 5) is 14.3. The van der Waals surface area contributed by atoms with Crippen molar-refractivity contribution in [2.75, 3.05) is 0 Å². The van der Waals surface area contributed by atoms with Gasteiger partial charge in [-0.25, -0.2) is 0 Å². The molecule has 0 saturated heterocycles. The predicted octanol–water partition coefficient (Wildman–Crippen LogP) is 1.19. The van der Waals surface area contributed by atoms with Gasteiger partial charge in [0.15, 0.2) is 5.69 Å². The Morgan fingerprint density at radius 1 is 1.27 bits per heavy atom. The van der Waals surface area contributed by atoms with Gasteiger partial charge < -0.3 is 4.98 Å². The molecule has 0 unspecified atom stereocenters. The van der Waals surface area contributed by atoms with Crippen molar-refractivity contribution in [3.8, 4) is 11.3 Å². The van der Waals surface area contributed by atoms with Gasteiger partial charge in [0.1, 0.15) is 11.4 Å². The molecule has 1 aliphatic rings. The predicted molar refractivity (Wildman–Crippen MR) is 58.5 cm³/mol. The Labute approximate surface area is 86.8 Å². The largest absolute Gasteiger partial charge is 0.317 e. The first-order chi connectivity index (χ1) is 7.25. The van der Waals surface area contributed by atoms with Gasteiger partial charge in [-0.1, -0.05) is 12.1 Å². The van der Waals surface area contributed by atoms with Gasteiger partial charge in [-0.05, 0) is 13.0 Å². The number of nitrogens with two attached hydrogens (primary N) is 1. The summed E-state index contributed by atoms with van der Waals surface area (Å²) in [7, 11) is 0. The van der Waals surface area contributed by atoms with E-state index in [1.54, 1.807) is 6.07 Å². The Morgan fingerprint density at radius 3 is 2.93 bits per heavy atom. The summed E-state index contributed by atoms with van der Waals surface area (Å²) in [5.74, 6) is 0. The molecule has 1 aromatic heterocycles. The minimum absolute atomic E-state index is 0.0312. The Hall–Kier alpha value is -1.87. The molecule has 3 nitrogen and oxygen atoms in total. The molecule has 3 rings (SSSR count). The third-order valence-corrected chi connectivity index (χ3v) is 2.82. The van der Waals surface area contributed by atoms with Gasteiger partial charge in [0, 0.05) is 17.7 Å². The zero-order valence-corrected chi connectivity index (χ0v) is 8.37. The number of quaternary nitrogens is 1. The third kappa shape index (κ3) is 1.13. The molecule has 0 saturated carbocycles. The number of H-pyrrole nitrogens is 1. The lowest BCUT2D eigenvalue weighted by molar-refractivity contribution is -0.473. The van der Waals surface area contributed by atoms with Crippen LogP contribution in [0.4, 0.5) is 11.4 Å². The summed E-state index contributed by atoms with van der Waals surface area (Å²) >= 11 is 0. The Balaban J connectivity index is 2.38. The van der Waals surface area contributed by atoms with Gasteiger partial charge in [-0.3, -0.25) is 10.1 Å². The van der Waals surface area contributed by atoms with Crippen LogP contribution in [0.3, 0.4) is 0 Å². The van der Waals surface area contributed by atoms with E-state index in [0.717, 1.165) is 22.5 Å². The smallest absolute Gasteiger partial charge is 0.249 e. The maximum Gasteiger partial charge on any atom is 0.249 e. The van der Waals surface area contributed by atoms with Crippen LogP contribution in [-0.2, 0) is 0 Å². The van der Waals surface area contributed by atoms with E-state index in [4.69, 9.17) is 0 Å². The maximum atomic E-state index is 11.4. The second-order valence-corrected chi connectivity index (χ2v) is 3.84. The fourth-order valence-corrected chi connectivity index (χ4v) is 2.10. The second-order valence-electron chi connectivity index (χ2n) is 3.84. The summed E-state index contributed by atoms with van der Waals surface area (Å²) in [6, 6.07) is 9.73. The minimum Gasteiger partial charge on any atom is -0.317 e. The molecule has 2 aromatic rings. The normalized spacial score (nSPS) is 12.3. The van der Waals surface area contributed by atoms with Crippen molar-refractivity contribution in [3.05, 3.63) is 46.2 Å². The van der Waals surface area contributed by atoms with Crippen LogP contribution in [0.15, 0.2) is 35.1 Å². The first kappa shape index (κ1) is 8.44. The summed E-state index contributed by atoms with van der Waals surface area (Å²) in [5, 5.41) is 2.12. The molecular formula is C12H11N2O+. The van der Waals surface area contributed by atoms with Crippen LogP contribution in [0.1, 0.15) is 5.56 Å². The van der Waals surface area contributed by atoms with E-state index >= 15 is 0 Å². The number of pyridine rings is 1. The third-order valence-electron chi connectivity index (χ3n) is 2.82. The molecule has 0 amide bonds. The van der Waals surface area contributed by atoms with Crippen molar-refractivity contribution in [1.82, 2.24) is 4.98 Å². The lowest BCUT2D eigenvalue weighted by Gasteiger charge is -1.97. The van der Waals surface area contributed by atoms with Crippen LogP contribution in [0.25, 0.3) is 11.3 Å². The van der Waals surface area contributed by atoms with Crippen molar-refractivity contribution in [2.45, 2.75) is 6.92 Å². The monoisotopic (exact) mass is 199 g/mol.